The number of allylic oxidation sites excluding steroid dienone is 1. The summed E-state index contributed by atoms with van der Waals surface area (Å²) in [5.41, 5.74) is 3.86. The number of hydrogen-bond donors (Lipinski definition) is 2. The molecule has 1 heterocycles. The van der Waals surface area contributed by atoms with E-state index in [1.54, 1.807) is 18.2 Å². The predicted molar refractivity (Wildman–Crippen MR) is 96.8 cm³/mol. The van der Waals surface area contributed by atoms with Gasteiger partial charge in [-0.2, -0.15) is 0 Å². The first kappa shape index (κ1) is 16.3. The number of benzene rings is 2. The van der Waals surface area contributed by atoms with Gasteiger partial charge >= 0.3 is 5.97 Å². The minimum atomic E-state index is -0.435. The van der Waals surface area contributed by atoms with Crippen LogP contribution in [0.15, 0.2) is 52.6 Å². The van der Waals surface area contributed by atoms with E-state index in [1.807, 2.05) is 31.2 Å². The molecular formula is C18H15BrN2O3. The Kier molecular flexibility index (Phi) is 4.40. The Hall–Kier alpha value is -2.60. The second kappa shape index (κ2) is 6.49. The lowest BCUT2D eigenvalue weighted by Gasteiger charge is -2.10. The third kappa shape index (κ3) is 3.05. The third-order valence-corrected chi connectivity index (χ3v) is 4.26. The number of anilines is 2. The Bertz CT molecular complexity index is 857. The fraction of sp³-hybridized carbons (Fsp3) is 0.111. The summed E-state index contributed by atoms with van der Waals surface area (Å²) in [7, 11) is 1.33. The van der Waals surface area contributed by atoms with Gasteiger partial charge in [0.05, 0.1) is 18.2 Å². The molecule has 0 radical (unpaired) electrons. The van der Waals surface area contributed by atoms with Gasteiger partial charge in [0.1, 0.15) is 0 Å². The van der Waals surface area contributed by atoms with Gasteiger partial charge in [0.15, 0.2) is 0 Å². The molecule has 1 amide bonds. The summed E-state index contributed by atoms with van der Waals surface area (Å²) in [6, 6.07) is 12.7. The van der Waals surface area contributed by atoms with Gasteiger partial charge in [0.2, 0.25) is 0 Å². The normalized spacial score (nSPS) is 14.7. The van der Waals surface area contributed by atoms with Crippen LogP contribution in [0.3, 0.4) is 0 Å². The van der Waals surface area contributed by atoms with E-state index in [9.17, 15) is 9.59 Å². The minimum Gasteiger partial charge on any atom is -0.465 e. The van der Waals surface area contributed by atoms with Gasteiger partial charge in [-0.1, -0.05) is 15.9 Å². The zero-order valence-corrected chi connectivity index (χ0v) is 14.7. The maximum absolute atomic E-state index is 12.3. The average Bonchev–Trinajstić information content (AvgIpc) is 2.91. The second-order valence-electron chi connectivity index (χ2n) is 5.34. The number of fused-ring (bicyclic) bond motifs is 1. The van der Waals surface area contributed by atoms with Crippen molar-refractivity contribution in [2.24, 2.45) is 0 Å². The van der Waals surface area contributed by atoms with Crippen molar-refractivity contribution in [2.75, 3.05) is 17.7 Å². The van der Waals surface area contributed by atoms with Crippen LogP contribution in [-0.2, 0) is 9.53 Å². The third-order valence-electron chi connectivity index (χ3n) is 3.74. The molecule has 0 unspecified atom stereocenters. The Morgan fingerprint density at radius 2 is 1.88 bits per heavy atom. The number of nitrogens with one attached hydrogen (secondary N) is 2. The number of carbonyl (C=O) groups is 2. The standard InChI is InChI=1S/C18H15BrN2O3/c1-10(20-13-6-4-12(19)5-7-13)16-14-9-11(18(23)24-2)3-8-15(14)21-17(16)22/h3-9,20H,1-2H3,(H,21,22)/b16-10-. The zero-order chi connectivity index (χ0) is 17.3. The predicted octanol–water partition coefficient (Wildman–Crippen LogP) is 4.03. The number of halogens is 1. The molecule has 1 aliphatic heterocycles. The molecule has 3 rings (SSSR count). The maximum atomic E-state index is 12.3. The van der Waals surface area contributed by atoms with E-state index in [1.165, 1.54) is 7.11 Å². The monoisotopic (exact) mass is 386 g/mol. The largest absolute Gasteiger partial charge is 0.465 e. The molecule has 0 aliphatic carbocycles. The molecule has 6 heteroatoms. The van der Waals surface area contributed by atoms with Crippen molar-refractivity contribution in [3.05, 3.63) is 63.8 Å². The summed E-state index contributed by atoms with van der Waals surface area (Å²) in [4.78, 5) is 24.1. The van der Waals surface area contributed by atoms with E-state index in [0.717, 1.165) is 10.2 Å². The number of methoxy groups -OCH3 is 1. The summed E-state index contributed by atoms with van der Waals surface area (Å²) < 4.78 is 5.72. The van der Waals surface area contributed by atoms with Crippen molar-refractivity contribution >= 4 is 44.8 Å². The second-order valence-corrected chi connectivity index (χ2v) is 6.25. The first-order valence-corrected chi connectivity index (χ1v) is 8.06. The molecule has 0 atom stereocenters. The molecule has 1 aliphatic rings. The molecule has 24 heavy (non-hydrogen) atoms. The van der Waals surface area contributed by atoms with E-state index in [-0.39, 0.29) is 5.91 Å². The highest BCUT2D eigenvalue weighted by Crippen LogP contribution is 2.35. The fourth-order valence-corrected chi connectivity index (χ4v) is 2.86. The van der Waals surface area contributed by atoms with E-state index < -0.39 is 5.97 Å². The van der Waals surface area contributed by atoms with Gasteiger partial charge in [0, 0.05) is 27.1 Å². The Balaban J connectivity index is 2.00. The van der Waals surface area contributed by atoms with E-state index in [0.29, 0.717) is 28.1 Å². The molecule has 0 aromatic heterocycles. The molecule has 0 saturated heterocycles. The molecule has 2 aromatic rings. The quantitative estimate of drug-likeness (QED) is 0.617. The van der Waals surface area contributed by atoms with Crippen LogP contribution in [-0.4, -0.2) is 19.0 Å². The molecule has 2 aromatic carbocycles. The van der Waals surface area contributed by atoms with Crippen molar-refractivity contribution in [1.29, 1.82) is 0 Å². The number of ether oxygens (including phenoxy) is 1. The molecule has 122 valence electrons. The molecule has 0 fully saturated rings. The lowest BCUT2D eigenvalue weighted by molar-refractivity contribution is -0.110. The Morgan fingerprint density at radius 3 is 2.54 bits per heavy atom. The van der Waals surface area contributed by atoms with Crippen LogP contribution in [0.2, 0.25) is 0 Å². The van der Waals surface area contributed by atoms with Gasteiger partial charge in [0.25, 0.3) is 5.91 Å². The number of carbonyl (C=O) groups excluding carboxylic acids is 2. The van der Waals surface area contributed by atoms with Crippen molar-refractivity contribution in [2.45, 2.75) is 6.92 Å². The molecule has 0 bridgehead atoms. The number of hydrogen-bond acceptors (Lipinski definition) is 4. The first-order valence-electron chi connectivity index (χ1n) is 7.27. The number of amides is 1. The van der Waals surface area contributed by atoms with Crippen LogP contribution in [0, 0.1) is 0 Å². The highest BCUT2D eigenvalue weighted by Gasteiger charge is 2.27. The van der Waals surface area contributed by atoms with Gasteiger partial charge < -0.3 is 15.4 Å². The minimum absolute atomic E-state index is 0.200. The maximum Gasteiger partial charge on any atom is 0.337 e. The van der Waals surface area contributed by atoms with E-state index in [2.05, 4.69) is 26.6 Å². The smallest absolute Gasteiger partial charge is 0.337 e. The fourth-order valence-electron chi connectivity index (χ4n) is 2.60. The lowest BCUT2D eigenvalue weighted by atomic mass is 10.0. The van der Waals surface area contributed by atoms with Crippen LogP contribution < -0.4 is 10.6 Å². The van der Waals surface area contributed by atoms with Gasteiger partial charge in [-0.15, -0.1) is 0 Å². The van der Waals surface area contributed by atoms with Crippen LogP contribution in [0.5, 0.6) is 0 Å². The summed E-state index contributed by atoms with van der Waals surface area (Å²) in [5, 5.41) is 6.04. The SMILES string of the molecule is COC(=O)c1ccc2c(c1)/C(=C(\C)Nc1ccc(Br)cc1)C(=O)N2. The Morgan fingerprint density at radius 1 is 1.17 bits per heavy atom. The number of rotatable bonds is 3. The highest BCUT2D eigenvalue weighted by atomic mass is 79.9. The van der Waals surface area contributed by atoms with Crippen LogP contribution in [0.25, 0.3) is 5.57 Å². The van der Waals surface area contributed by atoms with Crippen LogP contribution in [0.1, 0.15) is 22.8 Å². The number of esters is 1. The van der Waals surface area contributed by atoms with Crippen LogP contribution in [0.4, 0.5) is 11.4 Å². The molecule has 5 nitrogen and oxygen atoms in total. The lowest BCUT2D eigenvalue weighted by Crippen LogP contribution is -2.08. The molecule has 0 spiro atoms. The molecule has 2 N–H and O–H groups in total. The van der Waals surface area contributed by atoms with Crippen LogP contribution >= 0.6 is 15.9 Å². The van der Waals surface area contributed by atoms with Crippen molar-refractivity contribution in [1.82, 2.24) is 0 Å². The molecular weight excluding hydrogens is 372 g/mol. The topological polar surface area (TPSA) is 67.4 Å². The van der Waals surface area contributed by atoms with Crippen molar-refractivity contribution in [3.8, 4) is 0 Å². The van der Waals surface area contributed by atoms with Gasteiger partial charge in [-0.3, -0.25) is 4.79 Å². The average molecular weight is 387 g/mol. The van der Waals surface area contributed by atoms with E-state index >= 15 is 0 Å². The first-order chi connectivity index (χ1) is 11.5. The van der Waals surface area contributed by atoms with Gasteiger partial charge in [-0.25, -0.2) is 4.79 Å². The Labute approximate surface area is 147 Å². The summed E-state index contributed by atoms with van der Waals surface area (Å²) >= 11 is 3.39. The highest BCUT2D eigenvalue weighted by molar-refractivity contribution is 9.10. The molecule has 0 saturated carbocycles. The van der Waals surface area contributed by atoms with Crippen molar-refractivity contribution < 1.29 is 14.3 Å². The van der Waals surface area contributed by atoms with Gasteiger partial charge in [-0.05, 0) is 49.4 Å². The summed E-state index contributed by atoms with van der Waals surface area (Å²) in [6.45, 7) is 1.83. The zero-order valence-electron chi connectivity index (χ0n) is 13.1. The summed E-state index contributed by atoms with van der Waals surface area (Å²) in [5.74, 6) is -0.635. The van der Waals surface area contributed by atoms with E-state index in [4.69, 9.17) is 4.74 Å². The van der Waals surface area contributed by atoms with Crippen molar-refractivity contribution in [3.63, 3.8) is 0 Å². The summed E-state index contributed by atoms with van der Waals surface area (Å²) in [6.07, 6.45) is 0.